The minimum absolute atomic E-state index is 0.0360. The number of rotatable bonds is 7. The summed E-state index contributed by atoms with van der Waals surface area (Å²) in [7, 11) is 2.81. The van der Waals surface area contributed by atoms with Gasteiger partial charge in [0, 0.05) is 12.1 Å². The number of benzene rings is 1. The number of furan rings is 1. The number of ether oxygens (including phenoxy) is 4. The van der Waals surface area contributed by atoms with Gasteiger partial charge in [0.05, 0.1) is 31.7 Å². The first-order chi connectivity index (χ1) is 13.6. The van der Waals surface area contributed by atoms with Gasteiger partial charge in [0.25, 0.3) is 5.91 Å². The summed E-state index contributed by atoms with van der Waals surface area (Å²) in [5, 5.41) is 2.56. The van der Waals surface area contributed by atoms with Crippen LogP contribution in [0, 0.1) is 0 Å². The predicted octanol–water partition coefficient (Wildman–Crippen LogP) is 3.05. The summed E-state index contributed by atoms with van der Waals surface area (Å²) in [5.74, 6) is -1.56. The van der Waals surface area contributed by atoms with Crippen molar-refractivity contribution in [2.45, 2.75) is 26.4 Å². The van der Waals surface area contributed by atoms with Crippen LogP contribution in [0.15, 0.2) is 34.9 Å². The molecule has 0 aliphatic heterocycles. The Bertz CT molecular complexity index is 881. The SMILES string of the molecule is COc1cc(NC(=O)c2ccco2)c(C(=O)OCC(=O)OC(C)(C)C)cc1OC. The lowest BCUT2D eigenvalue weighted by Crippen LogP contribution is -2.27. The van der Waals surface area contributed by atoms with Crippen LogP contribution in [0.25, 0.3) is 0 Å². The van der Waals surface area contributed by atoms with Crippen LogP contribution in [0.3, 0.4) is 0 Å². The van der Waals surface area contributed by atoms with Crippen molar-refractivity contribution in [3.63, 3.8) is 0 Å². The van der Waals surface area contributed by atoms with E-state index in [1.807, 2.05) is 0 Å². The molecule has 1 aromatic heterocycles. The normalized spacial score (nSPS) is 10.8. The van der Waals surface area contributed by atoms with Crippen molar-refractivity contribution in [1.82, 2.24) is 0 Å². The molecule has 156 valence electrons. The fourth-order valence-corrected chi connectivity index (χ4v) is 2.32. The van der Waals surface area contributed by atoms with Crippen LogP contribution in [0.1, 0.15) is 41.7 Å². The summed E-state index contributed by atoms with van der Waals surface area (Å²) in [6, 6.07) is 5.77. The maximum Gasteiger partial charge on any atom is 0.344 e. The third-order valence-corrected chi connectivity index (χ3v) is 3.48. The highest BCUT2D eigenvalue weighted by Crippen LogP contribution is 2.34. The molecule has 0 bridgehead atoms. The minimum atomic E-state index is -0.855. The summed E-state index contributed by atoms with van der Waals surface area (Å²) in [6.07, 6.45) is 1.35. The van der Waals surface area contributed by atoms with Crippen molar-refractivity contribution in [2.24, 2.45) is 0 Å². The second-order valence-electron chi connectivity index (χ2n) is 6.85. The Kier molecular flexibility index (Phi) is 6.87. The Balaban J connectivity index is 2.26. The largest absolute Gasteiger partial charge is 0.493 e. The highest BCUT2D eigenvalue weighted by atomic mass is 16.6. The number of hydrogen-bond donors (Lipinski definition) is 1. The first-order valence-corrected chi connectivity index (χ1v) is 8.64. The van der Waals surface area contributed by atoms with Gasteiger partial charge in [-0.1, -0.05) is 0 Å². The third-order valence-electron chi connectivity index (χ3n) is 3.48. The molecule has 0 saturated carbocycles. The van der Waals surface area contributed by atoms with Gasteiger partial charge in [-0.15, -0.1) is 0 Å². The molecule has 0 fully saturated rings. The van der Waals surface area contributed by atoms with E-state index < -0.39 is 30.1 Å². The average Bonchev–Trinajstić information content (AvgIpc) is 3.19. The van der Waals surface area contributed by atoms with E-state index in [1.165, 1.54) is 38.7 Å². The first-order valence-electron chi connectivity index (χ1n) is 8.64. The molecule has 2 aromatic rings. The van der Waals surface area contributed by atoms with E-state index in [4.69, 9.17) is 23.4 Å². The van der Waals surface area contributed by atoms with Gasteiger partial charge >= 0.3 is 11.9 Å². The van der Waals surface area contributed by atoms with E-state index in [2.05, 4.69) is 5.32 Å². The summed E-state index contributed by atoms with van der Waals surface area (Å²) in [6.45, 7) is 4.51. The van der Waals surface area contributed by atoms with Crippen molar-refractivity contribution in [1.29, 1.82) is 0 Å². The molecule has 1 amide bonds. The van der Waals surface area contributed by atoms with E-state index in [1.54, 1.807) is 26.8 Å². The number of carbonyl (C=O) groups is 3. The van der Waals surface area contributed by atoms with Gasteiger partial charge in [-0.25, -0.2) is 9.59 Å². The van der Waals surface area contributed by atoms with Crippen molar-refractivity contribution < 1.29 is 37.7 Å². The zero-order valence-corrected chi connectivity index (χ0v) is 16.9. The van der Waals surface area contributed by atoms with Gasteiger partial charge in [-0.3, -0.25) is 4.79 Å². The molecule has 9 nitrogen and oxygen atoms in total. The van der Waals surface area contributed by atoms with E-state index in [9.17, 15) is 14.4 Å². The molecule has 1 aromatic carbocycles. The maximum absolute atomic E-state index is 12.6. The zero-order valence-electron chi connectivity index (χ0n) is 16.9. The van der Waals surface area contributed by atoms with Gasteiger partial charge < -0.3 is 28.7 Å². The summed E-state index contributed by atoms with van der Waals surface area (Å²) < 4.78 is 25.6. The van der Waals surface area contributed by atoms with Crippen molar-refractivity contribution in [3.8, 4) is 11.5 Å². The Morgan fingerprint density at radius 2 is 1.72 bits per heavy atom. The number of amides is 1. The number of methoxy groups -OCH3 is 2. The van der Waals surface area contributed by atoms with Gasteiger partial charge in [0.2, 0.25) is 0 Å². The number of esters is 2. The fraction of sp³-hybridized carbons (Fsp3) is 0.350. The third kappa shape index (κ3) is 6.00. The molecule has 1 N–H and O–H groups in total. The zero-order chi connectivity index (χ0) is 21.6. The second-order valence-corrected chi connectivity index (χ2v) is 6.85. The molecule has 0 radical (unpaired) electrons. The van der Waals surface area contributed by atoms with Crippen molar-refractivity contribution >= 4 is 23.5 Å². The van der Waals surface area contributed by atoms with Gasteiger partial charge in [-0.2, -0.15) is 0 Å². The van der Waals surface area contributed by atoms with Crippen LogP contribution >= 0.6 is 0 Å². The molecule has 0 atom stereocenters. The maximum atomic E-state index is 12.6. The number of anilines is 1. The Hall–Kier alpha value is -3.49. The van der Waals surface area contributed by atoms with E-state index >= 15 is 0 Å². The predicted molar refractivity (Wildman–Crippen MR) is 102 cm³/mol. The number of nitrogens with one attached hydrogen (secondary N) is 1. The van der Waals surface area contributed by atoms with E-state index in [0.717, 1.165) is 0 Å². The van der Waals surface area contributed by atoms with Crippen LogP contribution in [0.5, 0.6) is 11.5 Å². The molecule has 9 heteroatoms. The molecule has 29 heavy (non-hydrogen) atoms. The lowest BCUT2D eigenvalue weighted by Gasteiger charge is -2.19. The molecular weight excluding hydrogens is 382 g/mol. The van der Waals surface area contributed by atoms with Crippen LogP contribution in [0.4, 0.5) is 5.69 Å². The van der Waals surface area contributed by atoms with Gasteiger partial charge in [0.1, 0.15) is 5.60 Å². The molecule has 0 spiro atoms. The second kappa shape index (κ2) is 9.13. The molecule has 2 rings (SSSR count). The van der Waals surface area contributed by atoms with Crippen LogP contribution in [0.2, 0.25) is 0 Å². The molecule has 0 aliphatic carbocycles. The van der Waals surface area contributed by atoms with E-state index in [-0.39, 0.29) is 28.5 Å². The Morgan fingerprint density at radius 1 is 1.07 bits per heavy atom. The van der Waals surface area contributed by atoms with Crippen LogP contribution < -0.4 is 14.8 Å². The summed E-state index contributed by atoms with van der Waals surface area (Å²) >= 11 is 0. The standard InChI is InChI=1S/C20H23NO8/c1-20(2,3)29-17(22)11-28-19(24)12-9-15(25-4)16(26-5)10-13(12)21-18(23)14-7-6-8-27-14/h6-10H,11H2,1-5H3,(H,21,23). The van der Waals surface area contributed by atoms with Crippen LogP contribution in [-0.2, 0) is 14.3 Å². The lowest BCUT2D eigenvalue weighted by molar-refractivity contribution is -0.158. The Labute approximate surface area is 167 Å². The van der Waals surface area contributed by atoms with E-state index in [0.29, 0.717) is 0 Å². The average molecular weight is 405 g/mol. The number of carbonyl (C=O) groups excluding carboxylic acids is 3. The monoisotopic (exact) mass is 405 g/mol. The number of hydrogen-bond acceptors (Lipinski definition) is 8. The lowest BCUT2D eigenvalue weighted by atomic mass is 10.1. The highest BCUT2D eigenvalue weighted by Gasteiger charge is 2.23. The van der Waals surface area contributed by atoms with Crippen molar-refractivity contribution in [3.05, 3.63) is 41.9 Å². The molecule has 0 saturated heterocycles. The topological polar surface area (TPSA) is 113 Å². The minimum Gasteiger partial charge on any atom is -0.493 e. The molecular formula is C20H23NO8. The Morgan fingerprint density at radius 3 is 2.28 bits per heavy atom. The smallest absolute Gasteiger partial charge is 0.344 e. The quantitative estimate of drug-likeness (QED) is 0.699. The molecule has 1 heterocycles. The fourth-order valence-electron chi connectivity index (χ4n) is 2.32. The highest BCUT2D eigenvalue weighted by molar-refractivity contribution is 6.07. The van der Waals surface area contributed by atoms with Gasteiger partial charge in [-0.05, 0) is 32.9 Å². The van der Waals surface area contributed by atoms with Crippen LogP contribution in [-0.4, -0.2) is 44.3 Å². The molecule has 0 unspecified atom stereocenters. The summed E-state index contributed by atoms with van der Waals surface area (Å²) in [5.41, 5.74) is -0.654. The van der Waals surface area contributed by atoms with Gasteiger partial charge in [0.15, 0.2) is 23.9 Å². The molecule has 0 aliphatic rings. The first kappa shape index (κ1) is 21.8. The van der Waals surface area contributed by atoms with Crippen molar-refractivity contribution in [2.75, 3.05) is 26.1 Å². The summed E-state index contributed by atoms with van der Waals surface area (Å²) in [4.78, 5) is 36.7.